The minimum absolute atomic E-state index is 0.00984. The quantitative estimate of drug-likeness (QED) is 0.490. The van der Waals surface area contributed by atoms with Crippen LogP contribution >= 0.6 is 23.2 Å². The maximum Gasteiger partial charge on any atom is 0.257 e. The third kappa shape index (κ3) is 3.50. The summed E-state index contributed by atoms with van der Waals surface area (Å²) in [5, 5.41) is 14.7. The number of rotatable bonds is 4. The summed E-state index contributed by atoms with van der Waals surface area (Å²) in [6.07, 6.45) is 1.75. The van der Waals surface area contributed by atoms with Crippen LogP contribution in [0, 0.1) is 10.1 Å². The Hall–Kier alpha value is -1.62. The normalized spacial score (nSPS) is 20.1. The molecule has 0 aromatic heterocycles. The monoisotopic (exact) mass is 350 g/mol. The van der Waals surface area contributed by atoms with Crippen LogP contribution in [0.25, 0.3) is 0 Å². The smallest absolute Gasteiger partial charge is 0.257 e. The lowest BCUT2D eigenvalue weighted by molar-refractivity contribution is -0.486. The maximum absolute atomic E-state index is 10.6. The van der Waals surface area contributed by atoms with E-state index in [4.69, 9.17) is 23.2 Å². The highest BCUT2D eigenvalue weighted by molar-refractivity contribution is 6.42. The molecule has 6 heteroatoms. The molecular formula is C17H16Cl2N2O2. The number of nitro groups is 1. The van der Waals surface area contributed by atoms with Crippen molar-refractivity contribution in [1.82, 2.24) is 5.32 Å². The number of fused-ring (bicyclic) bond motifs is 1. The van der Waals surface area contributed by atoms with Crippen molar-refractivity contribution in [2.24, 2.45) is 0 Å². The van der Waals surface area contributed by atoms with Crippen LogP contribution in [-0.4, -0.2) is 11.6 Å². The van der Waals surface area contributed by atoms with Crippen LogP contribution in [0.5, 0.6) is 0 Å². The van der Waals surface area contributed by atoms with Gasteiger partial charge in [-0.2, -0.15) is 0 Å². The average Bonchev–Trinajstić information content (AvgIpc) is 2.55. The SMILES string of the molecule is O=[N+]([O-])CN[C@H]1CC[C@@H](c2ccc(Cl)c(Cl)c2)c2ccccc21. The van der Waals surface area contributed by atoms with Gasteiger partial charge < -0.3 is 0 Å². The van der Waals surface area contributed by atoms with Crippen molar-refractivity contribution in [2.45, 2.75) is 24.8 Å². The van der Waals surface area contributed by atoms with Crippen molar-refractivity contribution in [3.8, 4) is 0 Å². The number of benzene rings is 2. The Bertz CT molecular complexity index is 736. The molecule has 4 nitrogen and oxygen atoms in total. The summed E-state index contributed by atoms with van der Waals surface area (Å²) in [6.45, 7) is -0.226. The zero-order valence-corrected chi connectivity index (χ0v) is 13.8. The van der Waals surface area contributed by atoms with E-state index in [1.807, 2.05) is 36.4 Å². The summed E-state index contributed by atoms with van der Waals surface area (Å²) in [6, 6.07) is 13.8. The second kappa shape index (κ2) is 6.87. The fourth-order valence-electron chi connectivity index (χ4n) is 3.26. The van der Waals surface area contributed by atoms with Gasteiger partial charge in [-0.05, 0) is 41.7 Å². The second-order valence-electron chi connectivity index (χ2n) is 5.68. The molecule has 0 radical (unpaired) electrons. The molecule has 0 bridgehead atoms. The Kier molecular flexibility index (Phi) is 4.85. The summed E-state index contributed by atoms with van der Waals surface area (Å²) in [5.74, 6) is 0.231. The van der Waals surface area contributed by atoms with Crippen molar-refractivity contribution in [1.29, 1.82) is 0 Å². The predicted molar refractivity (Wildman–Crippen MR) is 91.7 cm³/mol. The van der Waals surface area contributed by atoms with E-state index in [0.29, 0.717) is 10.0 Å². The lowest BCUT2D eigenvalue weighted by atomic mass is 9.77. The van der Waals surface area contributed by atoms with E-state index in [1.54, 1.807) is 0 Å². The Morgan fingerprint density at radius 2 is 1.83 bits per heavy atom. The minimum atomic E-state index is -0.340. The second-order valence-corrected chi connectivity index (χ2v) is 6.49. The number of halogens is 2. The van der Waals surface area contributed by atoms with E-state index >= 15 is 0 Å². The fourth-order valence-corrected chi connectivity index (χ4v) is 3.57. The van der Waals surface area contributed by atoms with Crippen LogP contribution in [0.15, 0.2) is 42.5 Å². The molecule has 0 spiro atoms. The molecule has 2 aromatic rings. The molecule has 0 saturated heterocycles. The van der Waals surface area contributed by atoms with Crippen LogP contribution in [0.1, 0.15) is 41.5 Å². The molecule has 1 aliphatic carbocycles. The van der Waals surface area contributed by atoms with Crippen LogP contribution in [0.4, 0.5) is 0 Å². The summed E-state index contributed by atoms with van der Waals surface area (Å²) >= 11 is 12.2. The van der Waals surface area contributed by atoms with Gasteiger partial charge in [-0.3, -0.25) is 15.4 Å². The highest BCUT2D eigenvalue weighted by Crippen LogP contribution is 2.42. The zero-order valence-electron chi connectivity index (χ0n) is 12.3. The van der Waals surface area contributed by atoms with Crippen LogP contribution in [-0.2, 0) is 0 Å². The first-order chi connectivity index (χ1) is 11.1. The van der Waals surface area contributed by atoms with E-state index in [2.05, 4.69) is 11.4 Å². The van der Waals surface area contributed by atoms with Gasteiger partial charge in [0.15, 0.2) is 0 Å². The zero-order chi connectivity index (χ0) is 16.4. The van der Waals surface area contributed by atoms with Gasteiger partial charge in [0, 0.05) is 16.9 Å². The summed E-state index contributed by atoms with van der Waals surface area (Å²) in [4.78, 5) is 10.3. The van der Waals surface area contributed by atoms with Gasteiger partial charge in [0.25, 0.3) is 6.67 Å². The summed E-state index contributed by atoms with van der Waals surface area (Å²) in [5.41, 5.74) is 3.44. The summed E-state index contributed by atoms with van der Waals surface area (Å²) in [7, 11) is 0. The minimum Gasteiger partial charge on any atom is -0.263 e. The van der Waals surface area contributed by atoms with Gasteiger partial charge in [-0.15, -0.1) is 0 Å². The van der Waals surface area contributed by atoms with E-state index in [0.717, 1.165) is 24.0 Å². The molecule has 0 fully saturated rings. The van der Waals surface area contributed by atoms with Crippen molar-refractivity contribution >= 4 is 23.2 Å². The Labute approximate surface area is 144 Å². The molecule has 2 atom stereocenters. The first-order valence-corrected chi connectivity index (χ1v) is 8.21. The fraction of sp³-hybridized carbons (Fsp3) is 0.294. The van der Waals surface area contributed by atoms with Crippen molar-refractivity contribution in [3.63, 3.8) is 0 Å². The molecule has 2 aromatic carbocycles. The number of hydrogen-bond donors (Lipinski definition) is 1. The topological polar surface area (TPSA) is 55.2 Å². The molecule has 120 valence electrons. The number of nitrogens with one attached hydrogen (secondary N) is 1. The Morgan fingerprint density at radius 1 is 1.09 bits per heavy atom. The summed E-state index contributed by atoms with van der Waals surface area (Å²) < 4.78 is 0. The van der Waals surface area contributed by atoms with Gasteiger partial charge in [0.05, 0.1) is 10.0 Å². The maximum atomic E-state index is 10.6. The molecule has 1 N–H and O–H groups in total. The van der Waals surface area contributed by atoms with E-state index in [9.17, 15) is 10.1 Å². The Balaban J connectivity index is 1.93. The first-order valence-electron chi connectivity index (χ1n) is 7.45. The molecule has 0 saturated carbocycles. The molecule has 1 aliphatic rings. The van der Waals surface area contributed by atoms with Crippen LogP contribution in [0.2, 0.25) is 10.0 Å². The van der Waals surface area contributed by atoms with Gasteiger partial charge in [-0.1, -0.05) is 53.5 Å². The molecule has 0 unspecified atom stereocenters. The molecule has 0 aliphatic heterocycles. The molecule has 0 amide bonds. The average molecular weight is 351 g/mol. The predicted octanol–water partition coefficient (Wildman–Crippen LogP) is 4.78. The lowest BCUT2D eigenvalue weighted by Crippen LogP contribution is -2.30. The molecule has 23 heavy (non-hydrogen) atoms. The van der Waals surface area contributed by atoms with Crippen LogP contribution < -0.4 is 5.32 Å². The highest BCUT2D eigenvalue weighted by Gasteiger charge is 2.28. The number of nitrogens with zero attached hydrogens (tertiary/aromatic N) is 1. The molecular weight excluding hydrogens is 335 g/mol. The Morgan fingerprint density at radius 3 is 2.52 bits per heavy atom. The van der Waals surface area contributed by atoms with Gasteiger partial charge in [0.2, 0.25) is 0 Å². The third-order valence-electron chi connectivity index (χ3n) is 4.30. The van der Waals surface area contributed by atoms with Gasteiger partial charge in [-0.25, -0.2) is 0 Å². The van der Waals surface area contributed by atoms with Crippen molar-refractivity contribution < 1.29 is 4.92 Å². The van der Waals surface area contributed by atoms with E-state index < -0.39 is 0 Å². The van der Waals surface area contributed by atoms with Crippen molar-refractivity contribution in [2.75, 3.05) is 6.67 Å². The van der Waals surface area contributed by atoms with Crippen molar-refractivity contribution in [3.05, 3.63) is 79.3 Å². The third-order valence-corrected chi connectivity index (χ3v) is 5.04. The molecule has 3 rings (SSSR count). The van der Waals surface area contributed by atoms with Gasteiger partial charge in [0.1, 0.15) is 0 Å². The van der Waals surface area contributed by atoms with E-state index in [-0.39, 0.29) is 23.6 Å². The number of hydrogen-bond acceptors (Lipinski definition) is 3. The molecule has 0 heterocycles. The van der Waals surface area contributed by atoms with Crippen LogP contribution in [0.3, 0.4) is 0 Å². The highest BCUT2D eigenvalue weighted by atomic mass is 35.5. The first kappa shape index (κ1) is 16.2. The van der Waals surface area contributed by atoms with Gasteiger partial charge >= 0.3 is 0 Å². The lowest BCUT2D eigenvalue weighted by Gasteiger charge is -2.32. The van der Waals surface area contributed by atoms with E-state index in [1.165, 1.54) is 5.56 Å². The standard InChI is InChI=1S/C17H16Cl2N2O2/c18-15-7-5-11(9-16(15)19)12-6-8-17(20-10-21(22)23)14-4-2-1-3-13(12)14/h1-5,7,9,12,17,20H,6,8,10H2/t12-,17-/m0/s1. The largest absolute Gasteiger partial charge is 0.263 e.